The molecule has 0 bridgehead atoms. The zero-order chi connectivity index (χ0) is 18.5. The normalized spacial score (nSPS) is 15.5. The van der Waals surface area contributed by atoms with Gasteiger partial charge in [0.05, 0.1) is 13.2 Å². The minimum atomic E-state index is -0.671. The first-order valence-electron chi connectivity index (χ1n) is 8.56. The van der Waals surface area contributed by atoms with Gasteiger partial charge in [-0.2, -0.15) is 0 Å². The van der Waals surface area contributed by atoms with Gasteiger partial charge in [-0.15, -0.1) is 0 Å². The second-order valence-electron chi connectivity index (χ2n) is 6.23. The van der Waals surface area contributed by atoms with Crippen LogP contribution in [0.15, 0.2) is 42.5 Å². The first-order chi connectivity index (χ1) is 12.6. The Morgan fingerprint density at radius 2 is 1.96 bits per heavy atom. The Labute approximate surface area is 153 Å². The molecule has 1 heterocycles. The molecule has 1 atom stereocenters. The minimum Gasteiger partial charge on any atom is -0.493 e. The van der Waals surface area contributed by atoms with Gasteiger partial charge < -0.3 is 24.3 Å². The lowest BCUT2D eigenvalue weighted by atomic mass is 10.2. The van der Waals surface area contributed by atoms with Crippen LogP contribution in [-0.4, -0.2) is 31.8 Å². The quantitative estimate of drug-likeness (QED) is 0.861. The van der Waals surface area contributed by atoms with Crippen molar-refractivity contribution < 1.29 is 23.7 Å². The van der Waals surface area contributed by atoms with Gasteiger partial charge in [-0.3, -0.25) is 4.79 Å². The number of amides is 1. The van der Waals surface area contributed by atoms with Crippen molar-refractivity contribution in [3.05, 3.63) is 48.0 Å². The van der Waals surface area contributed by atoms with E-state index in [1.54, 1.807) is 13.2 Å². The third-order valence-electron chi connectivity index (χ3n) is 3.86. The molecule has 0 unspecified atom stereocenters. The van der Waals surface area contributed by atoms with E-state index in [2.05, 4.69) is 5.32 Å². The molecule has 0 saturated carbocycles. The molecule has 0 saturated heterocycles. The van der Waals surface area contributed by atoms with Crippen LogP contribution < -0.4 is 24.3 Å². The van der Waals surface area contributed by atoms with E-state index >= 15 is 0 Å². The van der Waals surface area contributed by atoms with Gasteiger partial charge in [0.25, 0.3) is 5.91 Å². The summed E-state index contributed by atoms with van der Waals surface area (Å²) in [5.41, 5.74) is 0.906. The van der Waals surface area contributed by atoms with Crippen molar-refractivity contribution in [3.8, 4) is 23.0 Å². The van der Waals surface area contributed by atoms with Crippen molar-refractivity contribution in [1.82, 2.24) is 5.32 Å². The number of methoxy groups -OCH3 is 1. The number of carbonyl (C=O) groups excluding carboxylic acids is 1. The molecule has 0 spiro atoms. The summed E-state index contributed by atoms with van der Waals surface area (Å²) in [6.07, 6.45) is -0.615. The van der Waals surface area contributed by atoms with Crippen LogP contribution in [0.25, 0.3) is 0 Å². The van der Waals surface area contributed by atoms with Crippen LogP contribution in [0.1, 0.15) is 19.4 Å². The summed E-state index contributed by atoms with van der Waals surface area (Å²) in [6.45, 7) is 4.46. The first-order valence-corrected chi connectivity index (χ1v) is 8.56. The standard InChI is InChI=1S/C20H23NO5/c1-13(2)25-17-9-8-14(10-18(17)23-3)11-21-20(22)19-12-24-15-6-4-5-7-16(15)26-19/h4-10,13,19H,11-12H2,1-3H3,(H,21,22)/t19-/m1/s1. The van der Waals surface area contributed by atoms with E-state index in [9.17, 15) is 4.79 Å². The average Bonchev–Trinajstić information content (AvgIpc) is 2.66. The zero-order valence-electron chi connectivity index (χ0n) is 15.2. The molecule has 2 aromatic rings. The van der Waals surface area contributed by atoms with Crippen molar-refractivity contribution in [2.45, 2.75) is 32.6 Å². The van der Waals surface area contributed by atoms with E-state index in [1.165, 1.54) is 0 Å². The van der Waals surface area contributed by atoms with E-state index in [0.29, 0.717) is 29.5 Å². The summed E-state index contributed by atoms with van der Waals surface area (Å²) in [5.74, 6) is 2.33. The molecule has 138 valence electrons. The Kier molecular flexibility index (Phi) is 5.51. The van der Waals surface area contributed by atoms with Crippen LogP contribution >= 0.6 is 0 Å². The first kappa shape index (κ1) is 17.9. The molecule has 0 aliphatic carbocycles. The number of carbonyl (C=O) groups is 1. The van der Waals surface area contributed by atoms with Crippen molar-refractivity contribution in [3.63, 3.8) is 0 Å². The second-order valence-corrected chi connectivity index (χ2v) is 6.23. The molecule has 6 nitrogen and oxygen atoms in total. The number of hydrogen-bond acceptors (Lipinski definition) is 5. The van der Waals surface area contributed by atoms with E-state index in [0.717, 1.165) is 5.56 Å². The fourth-order valence-electron chi connectivity index (χ4n) is 2.62. The molecule has 1 aliphatic heterocycles. The monoisotopic (exact) mass is 357 g/mol. The lowest BCUT2D eigenvalue weighted by Gasteiger charge is -2.25. The summed E-state index contributed by atoms with van der Waals surface area (Å²) >= 11 is 0. The maximum atomic E-state index is 12.4. The molecule has 0 fully saturated rings. The van der Waals surface area contributed by atoms with Crippen LogP contribution in [0.5, 0.6) is 23.0 Å². The van der Waals surface area contributed by atoms with Crippen LogP contribution in [0, 0.1) is 0 Å². The lowest BCUT2D eigenvalue weighted by Crippen LogP contribution is -2.43. The predicted molar refractivity (Wildman–Crippen MR) is 97.0 cm³/mol. The van der Waals surface area contributed by atoms with Gasteiger partial charge in [0.2, 0.25) is 6.10 Å². The molecule has 3 rings (SSSR count). The largest absolute Gasteiger partial charge is 0.493 e. The minimum absolute atomic E-state index is 0.0563. The summed E-state index contributed by atoms with van der Waals surface area (Å²) in [4.78, 5) is 12.4. The maximum absolute atomic E-state index is 12.4. The van der Waals surface area contributed by atoms with Crippen LogP contribution in [0.2, 0.25) is 0 Å². The lowest BCUT2D eigenvalue weighted by molar-refractivity contribution is -0.130. The van der Waals surface area contributed by atoms with Gasteiger partial charge in [0.1, 0.15) is 6.61 Å². The Morgan fingerprint density at radius 3 is 2.69 bits per heavy atom. The molecule has 0 radical (unpaired) electrons. The van der Waals surface area contributed by atoms with Crippen molar-refractivity contribution in [2.75, 3.05) is 13.7 Å². The number of para-hydroxylation sites is 2. The van der Waals surface area contributed by atoms with Crippen LogP contribution in [0.3, 0.4) is 0 Å². The SMILES string of the molecule is COc1cc(CNC(=O)[C@H]2COc3ccccc3O2)ccc1OC(C)C. The van der Waals surface area contributed by atoms with E-state index in [4.69, 9.17) is 18.9 Å². The van der Waals surface area contributed by atoms with Gasteiger partial charge in [0, 0.05) is 6.54 Å². The summed E-state index contributed by atoms with van der Waals surface area (Å²) in [7, 11) is 1.59. The maximum Gasteiger partial charge on any atom is 0.264 e. The zero-order valence-corrected chi connectivity index (χ0v) is 15.2. The summed E-state index contributed by atoms with van der Waals surface area (Å²) in [5, 5.41) is 2.87. The van der Waals surface area contributed by atoms with Gasteiger partial charge in [-0.25, -0.2) is 0 Å². The smallest absolute Gasteiger partial charge is 0.264 e. The molecule has 1 aliphatic rings. The molecular weight excluding hydrogens is 334 g/mol. The highest BCUT2D eigenvalue weighted by Gasteiger charge is 2.27. The number of rotatable bonds is 6. The topological polar surface area (TPSA) is 66.0 Å². The Bertz CT molecular complexity index is 775. The van der Waals surface area contributed by atoms with E-state index in [1.807, 2.05) is 50.2 Å². The molecule has 26 heavy (non-hydrogen) atoms. The van der Waals surface area contributed by atoms with Crippen molar-refractivity contribution in [2.24, 2.45) is 0 Å². The third kappa shape index (κ3) is 4.20. The number of fused-ring (bicyclic) bond motifs is 1. The number of benzene rings is 2. The average molecular weight is 357 g/mol. The molecule has 2 aromatic carbocycles. The predicted octanol–water partition coefficient (Wildman–Crippen LogP) is 2.94. The highest BCUT2D eigenvalue weighted by molar-refractivity contribution is 5.81. The van der Waals surface area contributed by atoms with Gasteiger partial charge in [-0.05, 0) is 43.7 Å². The van der Waals surface area contributed by atoms with Crippen LogP contribution in [-0.2, 0) is 11.3 Å². The Morgan fingerprint density at radius 1 is 1.19 bits per heavy atom. The third-order valence-corrected chi connectivity index (χ3v) is 3.86. The second kappa shape index (κ2) is 7.99. The summed E-state index contributed by atoms with van der Waals surface area (Å²) < 4.78 is 22.3. The van der Waals surface area contributed by atoms with E-state index < -0.39 is 6.10 Å². The highest BCUT2D eigenvalue weighted by Crippen LogP contribution is 2.31. The number of hydrogen-bond donors (Lipinski definition) is 1. The molecule has 1 N–H and O–H groups in total. The van der Waals surface area contributed by atoms with E-state index in [-0.39, 0.29) is 18.6 Å². The molecule has 6 heteroatoms. The molecular formula is C20H23NO5. The van der Waals surface area contributed by atoms with Crippen molar-refractivity contribution in [1.29, 1.82) is 0 Å². The molecule has 1 amide bonds. The Hall–Kier alpha value is -2.89. The van der Waals surface area contributed by atoms with Gasteiger partial charge in [-0.1, -0.05) is 18.2 Å². The Balaban J connectivity index is 1.59. The summed E-state index contributed by atoms with van der Waals surface area (Å²) in [6, 6.07) is 12.9. The van der Waals surface area contributed by atoms with Gasteiger partial charge >= 0.3 is 0 Å². The van der Waals surface area contributed by atoms with Crippen molar-refractivity contribution >= 4 is 5.91 Å². The number of ether oxygens (including phenoxy) is 4. The number of nitrogens with one attached hydrogen (secondary N) is 1. The van der Waals surface area contributed by atoms with Gasteiger partial charge in [0.15, 0.2) is 23.0 Å². The van der Waals surface area contributed by atoms with Crippen LogP contribution in [0.4, 0.5) is 0 Å². The fraction of sp³-hybridized carbons (Fsp3) is 0.350. The highest BCUT2D eigenvalue weighted by atomic mass is 16.6. The molecule has 0 aromatic heterocycles. The fourth-order valence-corrected chi connectivity index (χ4v) is 2.62.